The molecule has 1 N–H and O–H groups in total. The van der Waals surface area contributed by atoms with Crippen molar-refractivity contribution in [3.63, 3.8) is 0 Å². The quantitative estimate of drug-likeness (QED) is 0.440. The molecule has 0 heterocycles. The Bertz CT molecular complexity index is 409. The molecule has 0 spiro atoms. The number of carbonyl (C=O) groups excluding carboxylic acids is 1. The van der Waals surface area contributed by atoms with Crippen molar-refractivity contribution >= 4 is 5.91 Å². The van der Waals surface area contributed by atoms with E-state index in [1.54, 1.807) is 6.92 Å². The number of hydrogen-bond donors (Lipinski definition) is 1. The SMILES string of the molecule is C=C(/C=C\C(=C)OC(F)(F)F)CNC(=O)C(=C)CC. The minimum absolute atomic E-state index is 0.105. The van der Waals surface area contributed by atoms with E-state index < -0.39 is 12.1 Å². The van der Waals surface area contributed by atoms with Crippen LogP contribution in [0.2, 0.25) is 0 Å². The molecule has 19 heavy (non-hydrogen) atoms. The van der Waals surface area contributed by atoms with Crippen LogP contribution in [0, 0.1) is 0 Å². The van der Waals surface area contributed by atoms with Gasteiger partial charge < -0.3 is 10.1 Å². The first-order valence-electron chi connectivity index (χ1n) is 5.42. The van der Waals surface area contributed by atoms with Gasteiger partial charge in [-0.25, -0.2) is 0 Å². The molecule has 0 rings (SSSR count). The second-order valence-electron chi connectivity index (χ2n) is 3.65. The molecule has 0 aliphatic rings. The highest BCUT2D eigenvalue weighted by molar-refractivity contribution is 5.92. The molecule has 0 bridgehead atoms. The minimum Gasteiger partial charge on any atom is -0.406 e. The predicted molar refractivity (Wildman–Crippen MR) is 67.0 cm³/mol. The van der Waals surface area contributed by atoms with Crippen LogP contribution < -0.4 is 5.32 Å². The Morgan fingerprint density at radius 3 is 2.32 bits per heavy atom. The molecule has 0 aromatic carbocycles. The van der Waals surface area contributed by atoms with Gasteiger partial charge in [0.2, 0.25) is 5.91 Å². The Hall–Kier alpha value is -1.98. The van der Waals surface area contributed by atoms with Crippen molar-refractivity contribution in [1.29, 1.82) is 0 Å². The summed E-state index contributed by atoms with van der Waals surface area (Å²) in [6.07, 6.45) is -1.94. The van der Waals surface area contributed by atoms with Gasteiger partial charge in [0.1, 0.15) is 5.76 Å². The first-order chi connectivity index (χ1) is 8.65. The fraction of sp³-hybridized carbons (Fsp3) is 0.308. The highest BCUT2D eigenvalue weighted by atomic mass is 19.4. The number of carbonyl (C=O) groups is 1. The zero-order valence-corrected chi connectivity index (χ0v) is 10.6. The summed E-state index contributed by atoms with van der Waals surface area (Å²) < 4.78 is 39.0. The zero-order valence-electron chi connectivity index (χ0n) is 10.6. The van der Waals surface area contributed by atoms with Gasteiger partial charge in [0.15, 0.2) is 0 Å². The maximum absolute atomic E-state index is 11.8. The molecule has 0 aliphatic carbocycles. The van der Waals surface area contributed by atoms with Gasteiger partial charge in [-0.3, -0.25) is 4.79 Å². The Labute approximate surface area is 110 Å². The highest BCUT2D eigenvalue weighted by Crippen LogP contribution is 2.20. The minimum atomic E-state index is -4.77. The van der Waals surface area contributed by atoms with Crippen LogP contribution in [-0.4, -0.2) is 18.8 Å². The lowest BCUT2D eigenvalue weighted by Crippen LogP contribution is -2.26. The fourth-order valence-electron chi connectivity index (χ4n) is 0.932. The van der Waals surface area contributed by atoms with Gasteiger partial charge in [-0.2, -0.15) is 0 Å². The van der Waals surface area contributed by atoms with Crippen LogP contribution in [0.3, 0.4) is 0 Å². The molecule has 1 amide bonds. The molecule has 0 aromatic heterocycles. The van der Waals surface area contributed by atoms with E-state index in [1.807, 2.05) is 0 Å². The lowest BCUT2D eigenvalue weighted by Gasteiger charge is -2.08. The Morgan fingerprint density at radius 1 is 1.26 bits per heavy atom. The third-order valence-electron chi connectivity index (χ3n) is 1.98. The van der Waals surface area contributed by atoms with Gasteiger partial charge in [-0.05, 0) is 18.1 Å². The van der Waals surface area contributed by atoms with Crippen LogP contribution in [0.5, 0.6) is 0 Å². The molecule has 0 aromatic rings. The molecular weight excluding hydrogens is 259 g/mol. The molecule has 0 atom stereocenters. The largest absolute Gasteiger partial charge is 0.573 e. The second kappa shape index (κ2) is 7.45. The van der Waals surface area contributed by atoms with Crippen molar-refractivity contribution < 1.29 is 22.7 Å². The first kappa shape index (κ1) is 17.0. The standard InChI is InChI=1S/C13H16F3NO2/c1-5-10(3)12(18)17-8-9(2)6-7-11(4)19-13(14,15)16/h6-7H,2-5,8H2,1H3,(H,17,18)/b7-6-. The summed E-state index contributed by atoms with van der Waals surface area (Å²) in [5.41, 5.74) is 0.825. The Balaban J connectivity index is 4.15. The summed E-state index contributed by atoms with van der Waals surface area (Å²) >= 11 is 0. The average molecular weight is 275 g/mol. The number of hydrogen-bond acceptors (Lipinski definition) is 2. The van der Waals surface area contributed by atoms with E-state index in [-0.39, 0.29) is 12.5 Å². The number of amides is 1. The van der Waals surface area contributed by atoms with E-state index in [4.69, 9.17) is 0 Å². The van der Waals surface area contributed by atoms with E-state index in [1.165, 1.54) is 6.08 Å². The molecule has 3 nitrogen and oxygen atoms in total. The number of nitrogens with one attached hydrogen (secondary N) is 1. The van der Waals surface area contributed by atoms with Crippen LogP contribution in [0.1, 0.15) is 13.3 Å². The van der Waals surface area contributed by atoms with Crippen molar-refractivity contribution in [2.45, 2.75) is 19.7 Å². The molecule has 0 aliphatic heterocycles. The summed E-state index contributed by atoms with van der Waals surface area (Å²) in [6.45, 7) is 12.1. The maximum atomic E-state index is 11.8. The number of halogens is 3. The van der Waals surface area contributed by atoms with Gasteiger partial charge in [-0.15, -0.1) is 13.2 Å². The van der Waals surface area contributed by atoms with E-state index in [9.17, 15) is 18.0 Å². The van der Waals surface area contributed by atoms with Gasteiger partial charge in [0.25, 0.3) is 0 Å². The van der Waals surface area contributed by atoms with Crippen LogP contribution >= 0.6 is 0 Å². The maximum Gasteiger partial charge on any atom is 0.573 e. The number of rotatable bonds is 7. The number of allylic oxidation sites excluding steroid dienone is 1. The highest BCUT2D eigenvalue weighted by Gasteiger charge is 2.30. The summed E-state index contributed by atoms with van der Waals surface area (Å²) in [4.78, 5) is 11.3. The lowest BCUT2D eigenvalue weighted by atomic mass is 10.2. The van der Waals surface area contributed by atoms with Crippen LogP contribution in [0.15, 0.2) is 48.8 Å². The first-order valence-corrected chi connectivity index (χ1v) is 5.42. The second-order valence-corrected chi connectivity index (χ2v) is 3.65. The molecule has 0 radical (unpaired) electrons. The molecular formula is C13H16F3NO2. The van der Waals surface area contributed by atoms with E-state index in [2.05, 4.69) is 29.8 Å². The number of ether oxygens (including phenoxy) is 1. The Kier molecular flexibility index (Phi) is 6.68. The van der Waals surface area contributed by atoms with Gasteiger partial charge in [0.05, 0.1) is 0 Å². The molecule has 0 saturated heterocycles. The van der Waals surface area contributed by atoms with Crippen molar-refractivity contribution in [2.24, 2.45) is 0 Å². The van der Waals surface area contributed by atoms with Gasteiger partial charge in [-0.1, -0.05) is 32.7 Å². The molecule has 0 unspecified atom stereocenters. The summed E-state index contributed by atoms with van der Waals surface area (Å²) in [7, 11) is 0. The summed E-state index contributed by atoms with van der Waals surface area (Å²) in [5, 5.41) is 2.52. The monoisotopic (exact) mass is 275 g/mol. The van der Waals surface area contributed by atoms with Crippen molar-refractivity contribution in [3.05, 3.63) is 48.8 Å². The van der Waals surface area contributed by atoms with Crippen molar-refractivity contribution in [2.75, 3.05) is 6.54 Å². The predicted octanol–water partition coefficient (Wildman–Crippen LogP) is 3.23. The summed E-state index contributed by atoms with van der Waals surface area (Å²) in [6, 6.07) is 0. The molecule has 106 valence electrons. The number of alkyl halides is 3. The third kappa shape index (κ3) is 8.70. The fourth-order valence-corrected chi connectivity index (χ4v) is 0.932. The Morgan fingerprint density at radius 2 is 1.84 bits per heavy atom. The topological polar surface area (TPSA) is 38.3 Å². The van der Waals surface area contributed by atoms with Crippen molar-refractivity contribution in [3.8, 4) is 0 Å². The van der Waals surface area contributed by atoms with Gasteiger partial charge >= 0.3 is 6.36 Å². The van der Waals surface area contributed by atoms with Crippen molar-refractivity contribution in [1.82, 2.24) is 5.32 Å². The normalized spacial score (nSPS) is 11.2. The average Bonchev–Trinajstić information content (AvgIpc) is 2.30. The van der Waals surface area contributed by atoms with E-state index >= 15 is 0 Å². The van der Waals surface area contributed by atoms with Gasteiger partial charge in [0, 0.05) is 12.1 Å². The summed E-state index contributed by atoms with van der Waals surface area (Å²) in [5.74, 6) is -0.875. The third-order valence-corrected chi connectivity index (χ3v) is 1.98. The smallest absolute Gasteiger partial charge is 0.406 e. The zero-order chi connectivity index (χ0) is 15.1. The van der Waals surface area contributed by atoms with Crippen LogP contribution in [-0.2, 0) is 9.53 Å². The van der Waals surface area contributed by atoms with Crippen LogP contribution in [0.25, 0.3) is 0 Å². The molecule has 0 fully saturated rings. The lowest BCUT2D eigenvalue weighted by molar-refractivity contribution is -0.303. The molecule has 0 saturated carbocycles. The molecule has 6 heteroatoms. The van der Waals surface area contributed by atoms with E-state index in [0.717, 1.165) is 6.08 Å². The van der Waals surface area contributed by atoms with E-state index in [0.29, 0.717) is 17.6 Å². The van der Waals surface area contributed by atoms with Crippen LogP contribution in [0.4, 0.5) is 13.2 Å².